The third-order valence-corrected chi connectivity index (χ3v) is 4.75. The fourth-order valence-corrected chi connectivity index (χ4v) is 3.19. The first-order valence-electron chi connectivity index (χ1n) is 9.17. The fourth-order valence-electron chi connectivity index (χ4n) is 3.19. The number of nitrogens with zero attached hydrogens (tertiary/aromatic N) is 2. The maximum absolute atomic E-state index is 13.7. The van der Waals surface area contributed by atoms with Crippen molar-refractivity contribution in [3.8, 4) is 0 Å². The number of halogens is 1. The summed E-state index contributed by atoms with van der Waals surface area (Å²) in [6.07, 6.45) is 0.663. The lowest BCUT2D eigenvalue weighted by Crippen LogP contribution is -2.51. The van der Waals surface area contributed by atoms with E-state index >= 15 is 0 Å². The first-order valence-corrected chi connectivity index (χ1v) is 9.17. The van der Waals surface area contributed by atoms with Crippen molar-refractivity contribution in [1.82, 2.24) is 9.80 Å². The van der Waals surface area contributed by atoms with E-state index < -0.39 is 0 Å². The molecule has 3 amide bonds. The van der Waals surface area contributed by atoms with Gasteiger partial charge in [-0.15, -0.1) is 0 Å². The maximum Gasteiger partial charge on any atom is 0.321 e. The van der Waals surface area contributed by atoms with Crippen LogP contribution in [0.15, 0.2) is 48.5 Å². The van der Waals surface area contributed by atoms with E-state index in [1.54, 1.807) is 28.0 Å². The van der Waals surface area contributed by atoms with Crippen molar-refractivity contribution in [3.05, 3.63) is 65.5 Å². The van der Waals surface area contributed by atoms with E-state index in [9.17, 15) is 14.0 Å². The maximum atomic E-state index is 13.7. The number of carbonyl (C=O) groups is 2. The average molecular weight is 369 g/mol. The van der Waals surface area contributed by atoms with Crippen LogP contribution in [-0.2, 0) is 11.2 Å². The van der Waals surface area contributed by atoms with Gasteiger partial charge in [0.05, 0.1) is 0 Å². The van der Waals surface area contributed by atoms with Gasteiger partial charge < -0.3 is 15.1 Å². The summed E-state index contributed by atoms with van der Waals surface area (Å²) in [6, 6.07) is 14.0. The number of nitrogens with one attached hydrogen (secondary N) is 1. The molecule has 0 aliphatic carbocycles. The number of urea groups is 1. The minimum absolute atomic E-state index is 0.00278. The van der Waals surface area contributed by atoms with Crippen LogP contribution in [0.3, 0.4) is 0 Å². The Morgan fingerprint density at radius 2 is 1.70 bits per heavy atom. The zero-order valence-electron chi connectivity index (χ0n) is 15.5. The van der Waals surface area contributed by atoms with E-state index in [2.05, 4.69) is 5.32 Å². The zero-order valence-corrected chi connectivity index (χ0v) is 15.5. The Hall–Kier alpha value is -2.89. The van der Waals surface area contributed by atoms with Crippen LogP contribution in [0.4, 0.5) is 14.9 Å². The highest BCUT2D eigenvalue weighted by molar-refractivity contribution is 5.89. The summed E-state index contributed by atoms with van der Waals surface area (Å²) in [5.74, 6) is -0.278. The van der Waals surface area contributed by atoms with Crippen molar-refractivity contribution in [1.29, 1.82) is 0 Å². The first-order chi connectivity index (χ1) is 13.0. The summed E-state index contributed by atoms with van der Waals surface area (Å²) in [5.41, 5.74) is 2.41. The van der Waals surface area contributed by atoms with E-state index in [0.29, 0.717) is 38.2 Å². The second-order valence-electron chi connectivity index (χ2n) is 6.76. The molecule has 2 aromatic carbocycles. The van der Waals surface area contributed by atoms with Crippen molar-refractivity contribution < 1.29 is 14.0 Å². The third-order valence-electron chi connectivity index (χ3n) is 4.75. The highest BCUT2D eigenvalue weighted by Crippen LogP contribution is 2.13. The molecule has 0 atom stereocenters. The number of rotatable bonds is 4. The Balaban J connectivity index is 1.46. The van der Waals surface area contributed by atoms with Crippen molar-refractivity contribution in [3.63, 3.8) is 0 Å². The minimum Gasteiger partial charge on any atom is -0.339 e. The second kappa shape index (κ2) is 8.66. The van der Waals surface area contributed by atoms with Crippen LogP contribution in [0, 0.1) is 12.7 Å². The summed E-state index contributed by atoms with van der Waals surface area (Å²) in [7, 11) is 0. The summed E-state index contributed by atoms with van der Waals surface area (Å²) in [4.78, 5) is 28.2. The van der Waals surface area contributed by atoms with Gasteiger partial charge in [0.25, 0.3) is 0 Å². The molecule has 142 valence electrons. The van der Waals surface area contributed by atoms with Crippen LogP contribution >= 0.6 is 0 Å². The Morgan fingerprint density at radius 1 is 1.00 bits per heavy atom. The monoisotopic (exact) mass is 369 g/mol. The number of piperazine rings is 1. The molecule has 0 bridgehead atoms. The SMILES string of the molecule is Cc1cccc(NC(=O)N2CCN(C(=O)CCc3ccccc3F)CC2)c1. The highest BCUT2D eigenvalue weighted by Gasteiger charge is 2.24. The number of benzene rings is 2. The van der Waals surface area contributed by atoms with E-state index in [0.717, 1.165) is 11.3 Å². The standard InChI is InChI=1S/C21H24FN3O2/c1-16-5-4-7-18(15-16)23-21(27)25-13-11-24(12-14-25)20(26)10-9-17-6-2-3-8-19(17)22/h2-8,15H,9-14H2,1H3,(H,23,27). The molecule has 0 unspecified atom stereocenters. The number of anilines is 1. The van der Waals surface area contributed by atoms with Crippen LogP contribution in [-0.4, -0.2) is 47.9 Å². The van der Waals surface area contributed by atoms with Gasteiger partial charge in [0.15, 0.2) is 0 Å². The molecule has 1 heterocycles. The highest BCUT2D eigenvalue weighted by atomic mass is 19.1. The molecule has 0 aromatic heterocycles. The zero-order chi connectivity index (χ0) is 19.2. The van der Waals surface area contributed by atoms with Gasteiger partial charge in [-0.1, -0.05) is 30.3 Å². The van der Waals surface area contributed by atoms with Gasteiger partial charge in [-0.25, -0.2) is 9.18 Å². The lowest BCUT2D eigenvalue weighted by Gasteiger charge is -2.34. The van der Waals surface area contributed by atoms with Gasteiger partial charge in [-0.3, -0.25) is 4.79 Å². The van der Waals surface area contributed by atoms with Gasteiger partial charge in [0, 0.05) is 38.3 Å². The van der Waals surface area contributed by atoms with Crippen molar-refractivity contribution >= 4 is 17.6 Å². The number of hydrogen-bond donors (Lipinski definition) is 1. The molecular formula is C21H24FN3O2. The average Bonchev–Trinajstić information content (AvgIpc) is 2.67. The fraction of sp³-hybridized carbons (Fsp3) is 0.333. The predicted molar refractivity (Wildman–Crippen MR) is 103 cm³/mol. The number of hydrogen-bond acceptors (Lipinski definition) is 2. The van der Waals surface area contributed by atoms with Gasteiger partial charge in [0.2, 0.25) is 5.91 Å². The van der Waals surface area contributed by atoms with Crippen LogP contribution in [0.5, 0.6) is 0 Å². The Kier molecular flexibility index (Phi) is 6.06. The number of aryl methyl sites for hydroxylation is 2. The Morgan fingerprint density at radius 3 is 2.41 bits per heavy atom. The molecule has 5 nitrogen and oxygen atoms in total. The molecule has 27 heavy (non-hydrogen) atoms. The van der Waals surface area contributed by atoms with Gasteiger partial charge >= 0.3 is 6.03 Å². The molecule has 1 fully saturated rings. The molecule has 6 heteroatoms. The van der Waals surface area contributed by atoms with Crippen LogP contribution in [0.2, 0.25) is 0 Å². The molecule has 1 aliphatic heterocycles. The quantitative estimate of drug-likeness (QED) is 0.898. The molecule has 1 saturated heterocycles. The molecular weight excluding hydrogens is 345 g/mol. The Bertz CT molecular complexity index is 817. The molecule has 0 spiro atoms. The first kappa shape index (κ1) is 18.9. The van der Waals surface area contributed by atoms with E-state index in [4.69, 9.17) is 0 Å². The molecule has 1 N–H and O–H groups in total. The van der Waals surface area contributed by atoms with Crippen LogP contribution < -0.4 is 5.32 Å². The lowest BCUT2D eigenvalue weighted by molar-refractivity contribution is -0.132. The molecule has 2 aromatic rings. The predicted octanol–water partition coefficient (Wildman–Crippen LogP) is 3.44. The largest absolute Gasteiger partial charge is 0.339 e. The van der Waals surface area contributed by atoms with Crippen molar-refractivity contribution in [2.24, 2.45) is 0 Å². The van der Waals surface area contributed by atoms with Gasteiger partial charge in [-0.05, 0) is 42.7 Å². The number of carbonyl (C=O) groups excluding carboxylic acids is 2. The summed E-state index contributed by atoms with van der Waals surface area (Å²) in [6.45, 7) is 3.95. The minimum atomic E-state index is -0.275. The van der Waals surface area contributed by atoms with E-state index in [1.807, 2.05) is 31.2 Å². The number of amides is 3. The van der Waals surface area contributed by atoms with E-state index in [1.165, 1.54) is 6.07 Å². The molecule has 0 radical (unpaired) electrons. The molecule has 3 rings (SSSR count). The molecule has 1 aliphatic rings. The second-order valence-corrected chi connectivity index (χ2v) is 6.76. The topological polar surface area (TPSA) is 52.7 Å². The third kappa shape index (κ3) is 5.06. The summed E-state index contributed by atoms with van der Waals surface area (Å²) < 4.78 is 13.7. The van der Waals surface area contributed by atoms with Crippen molar-refractivity contribution in [2.45, 2.75) is 19.8 Å². The summed E-state index contributed by atoms with van der Waals surface area (Å²) in [5, 5.41) is 2.89. The molecule has 0 saturated carbocycles. The van der Waals surface area contributed by atoms with Gasteiger partial charge in [-0.2, -0.15) is 0 Å². The Labute approximate surface area is 158 Å². The van der Waals surface area contributed by atoms with Crippen molar-refractivity contribution in [2.75, 3.05) is 31.5 Å². The van der Waals surface area contributed by atoms with Crippen LogP contribution in [0.25, 0.3) is 0 Å². The van der Waals surface area contributed by atoms with Crippen LogP contribution in [0.1, 0.15) is 17.5 Å². The van der Waals surface area contributed by atoms with Gasteiger partial charge in [0.1, 0.15) is 5.82 Å². The summed E-state index contributed by atoms with van der Waals surface area (Å²) >= 11 is 0. The van der Waals surface area contributed by atoms with E-state index in [-0.39, 0.29) is 24.2 Å². The normalized spacial score (nSPS) is 14.1. The smallest absolute Gasteiger partial charge is 0.321 e. The lowest BCUT2D eigenvalue weighted by atomic mass is 10.1.